The number of aromatic carboxylic acids is 1. The Kier molecular flexibility index (Phi) is 5.10. The normalized spacial score (nSPS) is 13.0. The van der Waals surface area contributed by atoms with Crippen molar-refractivity contribution in [2.24, 2.45) is 0 Å². The van der Waals surface area contributed by atoms with E-state index in [1.807, 2.05) is 6.07 Å². The third kappa shape index (κ3) is 3.23. The number of sulfonamides is 1. The van der Waals surface area contributed by atoms with Crippen LogP contribution in [0.4, 0.5) is 0 Å². The summed E-state index contributed by atoms with van der Waals surface area (Å²) in [6, 6.07) is 3.76. The highest BCUT2D eigenvalue weighted by Gasteiger charge is 2.30. The first kappa shape index (κ1) is 17.1. The molecule has 1 aromatic carbocycles. The molecule has 0 spiro atoms. The van der Waals surface area contributed by atoms with E-state index in [4.69, 9.17) is 10.4 Å². The molecule has 1 N–H and O–H groups in total. The van der Waals surface area contributed by atoms with Crippen molar-refractivity contribution in [3.63, 3.8) is 0 Å². The lowest BCUT2D eigenvalue weighted by Crippen LogP contribution is -2.38. The molecule has 0 fully saturated rings. The summed E-state index contributed by atoms with van der Waals surface area (Å²) in [5, 5.41) is 18.1. The van der Waals surface area contributed by atoms with Crippen LogP contribution in [0.5, 0.6) is 0 Å². The number of carbonyl (C=O) groups is 1. The smallest absolute Gasteiger partial charge is 0.335 e. The van der Waals surface area contributed by atoms with Crippen LogP contribution in [0.2, 0.25) is 0 Å². The molecule has 0 aliphatic rings. The van der Waals surface area contributed by atoms with E-state index in [2.05, 4.69) is 0 Å². The summed E-state index contributed by atoms with van der Waals surface area (Å²) >= 11 is 0. The van der Waals surface area contributed by atoms with Crippen LogP contribution in [0.15, 0.2) is 17.0 Å². The molecule has 6 nitrogen and oxygen atoms in total. The second-order valence-electron chi connectivity index (χ2n) is 4.75. The van der Waals surface area contributed by atoms with Crippen molar-refractivity contribution in [3.05, 3.63) is 28.8 Å². The van der Waals surface area contributed by atoms with Crippen LogP contribution in [-0.2, 0) is 10.0 Å². The Hall–Kier alpha value is -1.91. The maximum Gasteiger partial charge on any atom is 0.335 e. The Morgan fingerprint density at radius 1 is 1.38 bits per heavy atom. The first-order valence-electron chi connectivity index (χ1n) is 6.42. The van der Waals surface area contributed by atoms with Crippen molar-refractivity contribution in [1.82, 2.24) is 4.31 Å². The van der Waals surface area contributed by atoms with E-state index in [9.17, 15) is 13.2 Å². The van der Waals surface area contributed by atoms with E-state index in [1.165, 1.54) is 13.0 Å². The second kappa shape index (κ2) is 6.24. The van der Waals surface area contributed by atoms with Crippen LogP contribution in [0.25, 0.3) is 0 Å². The molecule has 114 valence electrons. The molecule has 0 radical (unpaired) electrons. The number of rotatable bonds is 5. The second-order valence-corrected chi connectivity index (χ2v) is 6.61. The van der Waals surface area contributed by atoms with Gasteiger partial charge in [-0.2, -0.15) is 9.57 Å². The summed E-state index contributed by atoms with van der Waals surface area (Å²) < 4.78 is 26.4. The van der Waals surface area contributed by atoms with Gasteiger partial charge < -0.3 is 5.11 Å². The molecule has 0 bridgehead atoms. The molecule has 1 aromatic rings. The lowest BCUT2D eigenvalue weighted by molar-refractivity contribution is 0.0696. The summed E-state index contributed by atoms with van der Waals surface area (Å²) in [5.41, 5.74) is 0.899. The number of nitrogens with zero attached hydrogens (tertiary/aromatic N) is 2. The fourth-order valence-corrected chi connectivity index (χ4v) is 3.97. The van der Waals surface area contributed by atoms with Gasteiger partial charge in [0.15, 0.2) is 0 Å². The maximum atomic E-state index is 12.7. The van der Waals surface area contributed by atoms with Crippen LogP contribution in [0.3, 0.4) is 0 Å². The summed E-state index contributed by atoms with van der Waals surface area (Å²) in [7, 11) is -3.92. The first-order valence-corrected chi connectivity index (χ1v) is 7.86. The third-order valence-electron chi connectivity index (χ3n) is 3.27. The molecule has 0 aliphatic carbocycles. The van der Waals surface area contributed by atoms with E-state index in [-0.39, 0.29) is 17.0 Å². The van der Waals surface area contributed by atoms with Crippen molar-refractivity contribution in [3.8, 4) is 6.07 Å². The molecule has 21 heavy (non-hydrogen) atoms. The van der Waals surface area contributed by atoms with Crippen LogP contribution in [0, 0.1) is 25.2 Å². The van der Waals surface area contributed by atoms with Crippen molar-refractivity contribution < 1.29 is 18.3 Å². The average molecular weight is 310 g/mol. The molecule has 0 aliphatic heterocycles. The van der Waals surface area contributed by atoms with Crippen LogP contribution >= 0.6 is 0 Å². The summed E-state index contributed by atoms with van der Waals surface area (Å²) in [6.07, 6.45) is 0. The molecule has 1 rings (SSSR count). The predicted octanol–water partition coefficient (Wildman–Crippen LogP) is 1.92. The number of nitriles is 1. The number of hydrogen-bond donors (Lipinski definition) is 1. The minimum absolute atomic E-state index is 0.0557. The molecule has 7 heteroatoms. The van der Waals surface area contributed by atoms with Crippen molar-refractivity contribution >= 4 is 16.0 Å². The number of carboxylic acids is 1. The minimum Gasteiger partial charge on any atom is -0.478 e. The fraction of sp³-hybridized carbons (Fsp3) is 0.429. The van der Waals surface area contributed by atoms with Gasteiger partial charge in [0.05, 0.1) is 16.5 Å². The standard InChI is InChI=1S/C14H18N2O4S/c1-5-16(11(4)8-15)21(19,20)13-7-12(14(17)18)9(2)6-10(13)3/h6-7,11H,5H2,1-4H3,(H,17,18). The van der Waals surface area contributed by atoms with Gasteiger partial charge in [-0.3, -0.25) is 0 Å². The van der Waals surface area contributed by atoms with Gasteiger partial charge in [-0.25, -0.2) is 13.2 Å². The number of benzene rings is 1. The van der Waals surface area contributed by atoms with Gasteiger partial charge in [-0.15, -0.1) is 0 Å². The molecular formula is C14H18N2O4S. The Balaban J connectivity index is 3.55. The Labute approximate surface area is 124 Å². The van der Waals surface area contributed by atoms with Gasteiger partial charge in [-0.1, -0.05) is 13.0 Å². The lowest BCUT2D eigenvalue weighted by atomic mass is 10.1. The zero-order chi connectivity index (χ0) is 16.4. The Bertz CT molecular complexity index is 704. The van der Waals surface area contributed by atoms with E-state index >= 15 is 0 Å². The van der Waals surface area contributed by atoms with Gasteiger partial charge in [0.2, 0.25) is 10.0 Å². The van der Waals surface area contributed by atoms with E-state index in [0.29, 0.717) is 11.1 Å². The number of carboxylic acid groups (broad SMARTS) is 1. The zero-order valence-electron chi connectivity index (χ0n) is 12.4. The largest absolute Gasteiger partial charge is 0.478 e. The van der Waals surface area contributed by atoms with Crippen molar-refractivity contribution in [1.29, 1.82) is 5.26 Å². The highest BCUT2D eigenvalue weighted by atomic mass is 32.2. The lowest BCUT2D eigenvalue weighted by Gasteiger charge is -2.24. The highest BCUT2D eigenvalue weighted by molar-refractivity contribution is 7.89. The van der Waals surface area contributed by atoms with E-state index < -0.39 is 22.0 Å². The van der Waals surface area contributed by atoms with Gasteiger partial charge in [0.1, 0.15) is 6.04 Å². The average Bonchev–Trinajstić information content (AvgIpc) is 2.37. The van der Waals surface area contributed by atoms with Crippen LogP contribution in [0.1, 0.15) is 35.3 Å². The maximum absolute atomic E-state index is 12.7. The number of aryl methyl sites for hydroxylation is 2. The van der Waals surface area contributed by atoms with Crippen LogP contribution in [-0.4, -0.2) is 36.4 Å². The monoisotopic (exact) mass is 310 g/mol. The molecular weight excluding hydrogens is 292 g/mol. The van der Waals surface area contributed by atoms with Gasteiger partial charge >= 0.3 is 5.97 Å². The molecule has 0 saturated carbocycles. The van der Waals surface area contributed by atoms with Crippen LogP contribution < -0.4 is 0 Å². The molecule has 1 atom stereocenters. The number of hydrogen-bond acceptors (Lipinski definition) is 4. The first-order chi connectivity index (χ1) is 9.66. The quantitative estimate of drug-likeness (QED) is 0.896. The summed E-state index contributed by atoms with van der Waals surface area (Å²) in [6.45, 7) is 6.47. The van der Waals surface area contributed by atoms with Gasteiger partial charge in [0, 0.05) is 6.54 Å². The topological polar surface area (TPSA) is 98.5 Å². The molecule has 0 saturated heterocycles. The fourth-order valence-electron chi connectivity index (χ4n) is 2.18. The van der Waals surface area contributed by atoms with E-state index in [1.54, 1.807) is 20.8 Å². The SMILES string of the molecule is CCN(C(C)C#N)S(=O)(=O)c1cc(C(=O)O)c(C)cc1C. The molecule has 0 heterocycles. The van der Waals surface area contributed by atoms with Gasteiger partial charge in [-0.05, 0) is 38.0 Å². The van der Waals surface area contributed by atoms with E-state index in [0.717, 1.165) is 10.4 Å². The highest BCUT2D eigenvalue weighted by Crippen LogP contribution is 2.25. The summed E-state index contributed by atoms with van der Waals surface area (Å²) in [4.78, 5) is 11.1. The Morgan fingerprint density at radius 2 is 1.95 bits per heavy atom. The Morgan fingerprint density at radius 3 is 2.38 bits per heavy atom. The van der Waals surface area contributed by atoms with Crippen molar-refractivity contribution in [2.45, 2.75) is 38.6 Å². The minimum atomic E-state index is -3.92. The molecule has 0 amide bonds. The zero-order valence-corrected chi connectivity index (χ0v) is 13.2. The predicted molar refractivity (Wildman–Crippen MR) is 77.5 cm³/mol. The van der Waals surface area contributed by atoms with Gasteiger partial charge in [0.25, 0.3) is 0 Å². The molecule has 1 unspecified atom stereocenters. The molecule has 0 aromatic heterocycles. The summed E-state index contributed by atoms with van der Waals surface area (Å²) in [5.74, 6) is -1.18. The third-order valence-corrected chi connectivity index (χ3v) is 5.46. The van der Waals surface area contributed by atoms with Crippen molar-refractivity contribution in [2.75, 3.05) is 6.54 Å².